The third-order valence-electron chi connectivity index (χ3n) is 7.85. The van der Waals surface area contributed by atoms with Crippen molar-refractivity contribution in [2.75, 3.05) is 23.8 Å². The number of nitrogens with zero attached hydrogens (tertiary/aromatic N) is 2. The van der Waals surface area contributed by atoms with Crippen molar-refractivity contribution < 1.29 is 13.7 Å². The standard InChI is InChI=1S/C32H40ClN2O3S/c1-4-8-23(3)22-39(37)34-32(36)26-14-16-31-30(19-26)35(20-27-12-11-24(27)9-5-2)21-28-13-15-29(33)18-25(28)10-6-7-17-38-31/h4-5,13-16,18-19,23-24,27H,1-2,6-12,17,20-22H2,3H3/q-1/t23-,24+,27-/m0/s1. The van der Waals surface area contributed by atoms with Crippen molar-refractivity contribution in [1.82, 2.24) is 0 Å². The summed E-state index contributed by atoms with van der Waals surface area (Å²) < 4.78 is 22.9. The van der Waals surface area contributed by atoms with E-state index in [2.05, 4.69) is 34.6 Å². The van der Waals surface area contributed by atoms with E-state index in [9.17, 15) is 9.00 Å². The highest BCUT2D eigenvalue weighted by molar-refractivity contribution is 7.75. The molecule has 1 aliphatic carbocycles. The molecule has 2 aromatic carbocycles. The zero-order chi connectivity index (χ0) is 27.8. The molecule has 0 aromatic heterocycles. The number of hydrogen-bond donors (Lipinski definition) is 0. The third kappa shape index (κ3) is 7.98. The summed E-state index contributed by atoms with van der Waals surface area (Å²) in [7, 11) is -1.59. The summed E-state index contributed by atoms with van der Waals surface area (Å²) in [5.41, 5.74) is 3.81. The van der Waals surface area contributed by atoms with Crippen LogP contribution >= 0.6 is 11.6 Å². The summed E-state index contributed by atoms with van der Waals surface area (Å²) in [6, 6.07) is 11.7. The van der Waals surface area contributed by atoms with Crippen LogP contribution in [0.2, 0.25) is 5.02 Å². The van der Waals surface area contributed by atoms with Crippen molar-refractivity contribution in [3.05, 3.63) is 83.4 Å². The SMILES string of the molecule is C=CC[C@H](C)C[S-](=O)=NC(=O)c1ccc2c(c1)N(C[C@@H]1CC[C@H]1CC=C)Cc1ccc(Cl)cc1CCCCO2. The molecule has 0 unspecified atom stereocenters. The van der Waals surface area contributed by atoms with E-state index in [0.717, 1.165) is 55.1 Å². The molecule has 4 rings (SSSR count). The zero-order valence-corrected chi connectivity index (χ0v) is 24.5. The van der Waals surface area contributed by atoms with Gasteiger partial charge in [0.15, 0.2) is 0 Å². The number of anilines is 1. The number of carbonyl (C=O) groups excluding carboxylic acids is 1. The lowest BCUT2D eigenvalue weighted by atomic mass is 9.71. The Morgan fingerprint density at radius 1 is 1.15 bits per heavy atom. The Morgan fingerprint density at radius 3 is 2.72 bits per heavy atom. The average Bonchev–Trinajstić information content (AvgIpc) is 2.92. The first-order valence-corrected chi connectivity index (χ1v) is 15.7. The van der Waals surface area contributed by atoms with Crippen LogP contribution < -0.4 is 9.64 Å². The van der Waals surface area contributed by atoms with Crippen LogP contribution in [0, 0.1) is 17.8 Å². The van der Waals surface area contributed by atoms with Gasteiger partial charge in [0.2, 0.25) is 0 Å². The molecule has 0 saturated heterocycles. The number of amides is 1. The minimum absolute atomic E-state index is 0.149. The van der Waals surface area contributed by atoms with Crippen LogP contribution in [0.1, 0.15) is 66.9 Å². The van der Waals surface area contributed by atoms with Crippen LogP contribution in [0.4, 0.5) is 5.69 Å². The normalized spacial score (nSPS) is 20.8. The van der Waals surface area contributed by atoms with Gasteiger partial charge in [0.1, 0.15) is 5.75 Å². The van der Waals surface area contributed by atoms with E-state index in [4.69, 9.17) is 16.3 Å². The van der Waals surface area contributed by atoms with Gasteiger partial charge in [-0.25, -0.2) is 0 Å². The molecule has 3 atom stereocenters. The second kappa shape index (κ2) is 14.2. The van der Waals surface area contributed by atoms with Crippen molar-refractivity contribution in [2.24, 2.45) is 22.1 Å². The number of benzene rings is 2. The Labute approximate surface area is 240 Å². The van der Waals surface area contributed by atoms with Gasteiger partial charge in [-0.2, -0.15) is 10.6 Å². The summed E-state index contributed by atoms with van der Waals surface area (Å²) >= 11 is 6.38. The first-order chi connectivity index (χ1) is 18.9. The smallest absolute Gasteiger partial charge is 0.254 e. The van der Waals surface area contributed by atoms with Crippen molar-refractivity contribution in [1.29, 1.82) is 0 Å². The molecule has 0 radical (unpaired) electrons. The predicted octanol–water partition coefficient (Wildman–Crippen LogP) is 8.16. The molecule has 1 saturated carbocycles. The van der Waals surface area contributed by atoms with Gasteiger partial charge in [0.05, 0.1) is 12.3 Å². The van der Waals surface area contributed by atoms with Crippen molar-refractivity contribution in [3.63, 3.8) is 0 Å². The number of ether oxygens (including phenoxy) is 1. The van der Waals surface area contributed by atoms with E-state index in [1.54, 1.807) is 12.1 Å². The van der Waals surface area contributed by atoms with Gasteiger partial charge in [0.25, 0.3) is 5.91 Å². The minimum Gasteiger partial charge on any atom is -0.491 e. The minimum atomic E-state index is -1.59. The summed E-state index contributed by atoms with van der Waals surface area (Å²) in [5, 5.41) is 0.752. The number of halogens is 1. The highest BCUT2D eigenvalue weighted by atomic mass is 35.5. The van der Waals surface area contributed by atoms with E-state index < -0.39 is 16.5 Å². The van der Waals surface area contributed by atoms with Gasteiger partial charge in [0, 0.05) is 23.7 Å². The highest BCUT2D eigenvalue weighted by Crippen LogP contribution is 2.41. The van der Waals surface area contributed by atoms with Crippen LogP contribution in [-0.2, 0) is 27.8 Å². The summed E-state index contributed by atoms with van der Waals surface area (Å²) in [4.78, 5) is 15.5. The number of aryl methyl sites for hydroxylation is 1. The molecule has 1 amide bonds. The number of hydrogen-bond acceptors (Lipinski definition) is 5. The summed E-state index contributed by atoms with van der Waals surface area (Å²) in [6.07, 6.45) is 10.8. The lowest BCUT2D eigenvalue weighted by molar-refractivity contribution is 0.100. The van der Waals surface area contributed by atoms with Gasteiger partial charge in [-0.05, 0) is 98.2 Å². The van der Waals surface area contributed by atoms with E-state index in [1.165, 1.54) is 24.0 Å². The Bertz CT molecular complexity index is 1270. The largest absolute Gasteiger partial charge is 0.491 e. The lowest BCUT2D eigenvalue weighted by Gasteiger charge is -2.41. The fourth-order valence-electron chi connectivity index (χ4n) is 5.52. The molecule has 0 bridgehead atoms. The summed E-state index contributed by atoms with van der Waals surface area (Å²) in [5.74, 6) is 1.95. The number of fused-ring (bicyclic) bond motifs is 2. The predicted molar refractivity (Wildman–Crippen MR) is 162 cm³/mol. The molecular weight excluding hydrogens is 528 g/mol. The molecule has 1 heterocycles. The monoisotopic (exact) mass is 567 g/mol. The molecule has 5 nitrogen and oxygen atoms in total. The fraction of sp³-hybridized carbons (Fsp3) is 0.469. The van der Waals surface area contributed by atoms with E-state index in [0.29, 0.717) is 36.3 Å². The van der Waals surface area contributed by atoms with Crippen LogP contribution in [0.25, 0.3) is 0 Å². The first kappa shape index (κ1) is 29.4. The zero-order valence-electron chi connectivity index (χ0n) is 22.9. The Morgan fingerprint density at radius 2 is 1.97 bits per heavy atom. The topological polar surface area (TPSA) is 59.0 Å². The average molecular weight is 568 g/mol. The molecule has 7 heteroatoms. The maximum atomic E-state index is 13.1. The molecule has 0 N–H and O–H groups in total. The number of rotatable bonds is 9. The molecule has 2 aromatic rings. The van der Waals surface area contributed by atoms with Crippen molar-refractivity contribution in [3.8, 4) is 5.75 Å². The van der Waals surface area contributed by atoms with Crippen molar-refractivity contribution >= 4 is 33.8 Å². The molecule has 39 heavy (non-hydrogen) atoms. The van der Waals surface area contributed by atoms with Crippen LogP contribution in [0.5, 0.6) is 5.75 Å². The van der Waals surface area contributed by atoms with Gasteiger partial charge in [-0.3, -0.25) is 4.79 Å². The number of allylic oxidation sites excluding steroid dienone is 2. The quantitative estimate of drug-likeness (QED) is 0.226. The summed E-state index contributed by atoms with van der Waals surface area (Å²) in [6.45, 7) is 11.8. The van der Waals surface area contributed by atoms with Crippen molar-refractivity contribution in [2.45, 2.75) is 58.4 Å². The molecular formula is C32H40ClN2O3S-. The maximum absolute atomic E-state index is 13.1. The third-order valence-corrected chi connectivity index (χ3v) is 9.31. The highest BCUT2D eigenvalue weighted by Gasteiger charge is 2.32. The van der Waals surface area contributed by atoms with Crippen LogP contribution in [0.3, 0.4) is 0 Å². The van der Waals surface area contributed by atoms with Gasteiger partial charge >= 0.3 is 0 Å². The van der Waals surface area contributed by atoms with Gasteiger partial charge < -0.3 is 18.2 Å². The second-order valence-electron chi connectivity index (χ2n) is 10.9. The number of carbonyl (C=O) groups is 1. The van der Waals surface area contributed by atoms with Crippen LogP contribution in [0.15, 0.2) is 66.1 Å². The van der Waals surface area contributed by atoms with Gasteiger partial charge in [-0.15, -0.1) is 13.2 Å². The van der Waals surface area contributed by atoms with E-state index in [-0.39, 0.29) is 5.92 Å². The Balaban J connectivity index is 1.70. The van der Waals surface area contributed by atoms with E-state index >= 15 is 0 Å². The molecule has 1 fully saturated rings. The first-order valence-electron chi connectivity index (χ1n) is 14.0. The molecule has 0 spiro atoms. The van der Waals surface area contributed by atoms with Gasteiger partial charge in [-0.1, -0.05) is 48.4 Å². The second-order valence-corrected chi connectivity index (χ2v) is 12.5. The maximum Gasteiger partial charge on any atom is 0.254 e. The lowest BCUT2D eigenvalue weighted by Crippen LogP contribution is -2.38. The Kier molecular flexibility index (Phi) is 10.7. The molecule has 2 aliphatic rings. The Hall–Kier alpha value is -2.57. The fourth-order valence-corrected chi connectivity index (χ4v) is 6.70. The molecule has 210 valence electrons. The van der Waals surface area contributed by atoms with Crippen LogP contribution in [-0.4, -0.2) is 24.8 Å². The molecule has 1 aliphatic heterocycles. The van der Waals surface area contributed by atoms with E-state index in [1.807, 2.05) is 31.2 Å².